The predicted octanol–water partition coefficient (Wildman–Crippen LogP) is -6.25. The molecule has 0 saturated carbocycles. The zero-order valence-corrected chi connectivity index (χ0v) is 7.24. The van der Waals surface area contributed by atoms with E-state index in [0.717, 1.165) is 0 Å². The molecule has 0 aliphatic rings. The second-order valence-electron chi connectivity index (χ2n) is 0.448. The Kier molecular flexibility index (Phi) is 241. The van der Waals surface area contributed by atoms with Crippen LogP contribution >= 0.6 is 0 Å². The van der Waals surface area contributed by atoms with Crippen molar-refractivity contribution in [3.8, 4) is 0 Å². The van der Waals surface area contributed by atoms with Crippen LogP contribution in [0.2, 0.25) is 0 Å². The van der Waals surface area contributed by atoms with Gasteiger partial charge in [0.1, 0.15) is 0 Å². The van der Waals surface area contributed by atoms with Crippen LogP contribution in [-0.4, -0.2) is 102 Å². The fourth-order valence-electron chi connectivity index (χ4n) is 0. The summed E-state index contributed by atoms with van der Waals surface area (Å²) in [5.41, 5.74) is 0. The molecule has 13 heteroatoms. The van der Waals surface area contributed by atoms with Crippen LogP contribution in [0.4, 0.5) is 0 Å². The summed E-state index contributed by atoms with van der Waals surface area (Å²) in [6.07, 6.45) is 0. The topological polar surface area (TPSA) is 264 Å². The van der Waals surface area contributed by atoms with Crippen molar-refractivity contribution < 1.29 is 66.9 Å². The molecule has 0 aromatic carbocycles. The van der Waals surface area contributed by atoms with Gasteiger partial charge in [0, 0.05) is 16.5 Å². The summed E-state index contributed by atoms with van der Waals surface area (Å²) in [5.74, 6) is 0. The molecule has 0 aromatic heterocycles. The smallest absolute Gasteiger partial charge is 0 e. The Morgan fingerprint density at radius 1 is 0.692 bits per heavy atom. The quantitative estimate of drug-likeness (QED) is 0.326. The molecule has 92 valence electrons. The van der Waals surface area contributed by atoms with Crippen molar-refractivity contribution >= 4 is 61.8 Å². The molecule has 0 rings (SSSR count). The van der Waals surface area contributed by atoms with Gasteiger partial charge in [-0.2, -0.15) is 8.42 Å². The van der Waals surface area contributed by atoms with Gasteiger partial charge < -0.3 is 32.9 Å². The summed E-state index contributed by atoms with van der Waals surface area (Å²) in [6, 6.07) is 0. The average molecular weight is 305 g/mol. The molecule has 0 amide bonds. The maximum absolute atomic E-state index is 8.74. The van der Waals surface area contributed by atoms with Gasteiger partial charge >= 0.3 is 61.8 Å². The molecule has 0 fully saturated rings. The van der Waals surface area contributed by atoms with E-state index in [1.54, 1.807) is 0 Å². The summed E-state index contributed by atoms with van der Waals surface area (Å²) >= 11 is 0. The third-order valence-electron chi connectivity index (χ3n) is 0. The summed E-state index contributed by atoms with van der Waals surface area (Å²) in [6.45, 7) is 0. The van der Waals surface area contributed by atoms with E-state index < -0.39 is 10.4 Å². The number of rotatable bonds is 0. The van der Waals surface area contributed by atoms with Gasteiger partial charge in [0.25, 0.3) is 0 Å². The monoisotopic (exact) mass is 304 g/mol. The van der Waals surface area contributed by atoms with E-state index in [1.165, 1.54) is 0 Å². The molecule has 0 saturated heterocycles. The van der Waals surface area contributed by atoms with Crippen LogP contribution in [0, 0.1) is 0 Å². The maximum Gasteiger partial charge on any atom is 0 e. The zero-order valence-electron chi connectivity index (χ0n) is 5.44. The third kappa shape index (κ3) is 614. The first-order chi connectivity index (χ1) is 2.00. The summed E-state index contributed by atoms with van der Waals surface area (Å²) in [7, 11) is -4.67. The molecule has 10 nitrogen and oxygen atoms in total. The van der Waals surface area contributed by atoms with Crippen LogP contribution in [-0.2, 0) is 26.9 Å². The van der Waals surface area contributed by atoms with Crippen molar-refractivity contribution in [2.75, 3.05) is 0 Å². The minimum atomic E-state index is -4.67. The van der Waals surface area contributed by atoms with E-state index in [-0.39, 0.29) is 101 Å². The molecule has 0 unspecified atom stereocenters. The van der Waals surface area contributed by atoms with E-state index in [2.05, 4.69) is 0 Å². The molecule has 0 heterocycles. The van der Waals surface area contributed by atoms with E-state index in [0.29, 0.717) is 0 Å². The van der Waals surface area contributed by atoms with Gasteiger partial charge in [-0.25, -0.2) is 0 Å². The molecular weight excluding hydrogens is 290 g/mol. The second-order valence-corrected chi connectivity index (χ2v) is 1.34. The van der Waals surface area contributed by atoms with Crippen LogP contribution in [0.15, 0.2) is 0 Å². The average Bonchev–Trinajstić information content (AvgIpc) is 0.722. The Labute approximate surface area is 127 Å². The second kappa shape index (κ2) is 37.2. The number of hydrogen-bond donors (Lipinski definition) is 2. The Morgan fingerprint density at radius 2 is 0.692 bits per heavy atom. The Morgan fingerprint density at radius 3 is 0.692 bits per heavy atom. The molecule has 0 atom stereocenters. The van der Waals surface area contributed by atoms with Crippen molar-refractivity contribution in [1.29, 1.82) is 0 Å². The molecule has 0 spiro atoms. The van der Waals surface area contributed by atoms with Gasteiger partial charge in [0.2, 0.25) is 0 Å². The van der Waals surface area contributed by atoms with Crippen LogP contribution in [0.25, 0.3) is 0 Å². The van der Waals surface area contributed by atoms with Gasteiger partial charge in [-0.3, -0.25) is 9.11 Å². The van der Waals surface area contributed by atoms with Crippen molar-refractivity contribution in [3.05, 3.63) is 0 Å². The molecule has 13 heavy (non-hydrogen) atoms. The van der Waals surface area contributed by atoms with Gasteiger partial charge in [-0.1, -0.05) is 0 Å². The van der Waals surface area contributed by atoms with Crippen LogP contribution in [0.3, 0.4) is 0 Å². The van der Waals surface area contributed by atoms with Crippen molar-refractivity contribution in [2.24, 2.45) is 0 Å². The van der Waals surface area contributed by atoms with Crippen molar-refractivity contribution in [1.82, 2.24) is 0 Å². The van der Waals surface area contributed by atoms with Crippen LogP contribution in [0.5, 0.6) is 0 Å². The van der Waals surface area contributed by atoms with E-state index in [9.17, 15) is 0 Å². The first kappa shape index (κ1) is 84.2. The molecule has 0 aliphatic heterocycles. The first-order valence-electron chi connectivity index (χ1n) is 0.698. The summed E-state index contributed by atoms with van der Waals surface area (Å²) < 4.78 is 31.6. The molecule has 14 N–H and O–H groups in total. The molecule has 0 bridgehead atoms. The van der Waals surface area contributed by atoms with Gasteiger partial charge in [0.15, 0.2) is 0 Å². The normalized spacial score (nSPS) is 4.46. The summed E-state index contributed by atoms with van der Waals surface area (Å²) in [5, 5.41) is 0. The van der Waals surface area contributed by atoms with Crippen molar-refractivity contribution in [3.63, 3.8) is 0 Å². The number of hydrogen-bond acceptors (Lipinski definition) is 2. The third-order valence-corrected chi connectivity index (χ3v) is 0. The van der Waals surface area contributed by atoms with Crippen LogP contribution in [0.1, 0.15) is 0 Å². The SMILES string of the molecule is O.O.O.O.O.O.O=S(=O)(O)O.[KH].[Ni]. The minimum Gasteiger partial charge on any atom is 0 e. The van der Waals surface area contributed by atoms with Gasteiger partial charge in [-0.05, 0) is 0 Å². The Bertz CT molecular complexity index is 98.1. The molecule has 0 aliphatic carbocycles. The standard InChI is InChI=1S/K.Ni.H2O4S.6H2O.H/c;;1-5(2,3)4;;;;;;;/h;;(H2,1,2,3,4);6*1H2;. The maximum atomic E-state index is 8.74. The minimum absolute atomic E-state index is 0. The Balaban J connectivity index is -0.00000000286. The van der Waals surface area contributed by atoms with Crippen molar-refractivity contribution in [2.45, 2.75) is 0 Å². The fraction of sp³-hybridized carbons (Fsp3) is 0. The zero-order chi connectivity index (χ0) is 4.50. The van der Waals surface area contributed by atoms with Gasteiger partial charge in [-0.15, -0.1) is 0 Å². The van der Waals surface area contributed by atoms with E-state index in [4.69, 9.17) is 17.5 Å². The molecule has 0 radical (unpaired) electrons. The Hall–Kier alpha value is 1.76. The largest absolute Gasteiger partial charge is 0 e. The van der Waals surface area contributed by atoms with Crippen LogP contribution < -0.4 is 0 Å². The van der Waals surface area contributed by atoms with E-state index >= 15 is 0 Å². The first-order valence-corrected chi connectivity index (χ1v) is 2.10. The van der Waals surface area contributed by atoms with E-state index in [1.807, 2.05) is 0 Å². The summed E-state index contributed by atoms with van der Waals surface area (Å²) in [4.78, 5) is 0. The van der Waals surface area contributed by atoms with Gasteiger partial charge in [0.05, 0.1) is 0 Å². The molecular formula is H15KNiO10S. The molecule has 0 aromatic rings. The fourth-order valence-corrected chi connectivity index (χ4v) is 0. The predicted molar refractivity (Wildman–Crippen MR) is 43.0 cm³/mol.